The van der Waals surface area contributed by atoms with Crippen LogP contribution >= 0.6 is 0 Å². The molecule has 1 fully saturated rings. The fourth-order valence-electron chi connectivity index (χ4n) is 3.25. The summed E-state index contributed by atoms with van der Waals surface area (Å²) in [4.78, 5) is 0. The van der Waals surface area contributed by atoms with Gasteiger partial charge in [-0.3, -0.25) is 0 Å². The van der Waals surface area contributed by atoms with Crippen molar-refractivity contribution in [3.05, 3.63) is 0 Å². The van der Waals surface area contributed by atoms with E-state index in [4.69, 9.17) is 0 Å². The SMILES string of the molecule is CC(C)(C)C1CC(O)(C#C[Si](C)(C)C)C(C)(C)C(O)(C#C[Si](C)(C)C)C1. The first kappa shape index (κ1) is 23.5. The number of rotatable bonds is 0. The minimum absolute atomic E-state index is 0.0276. The van der Waals surface area contributed by atoms with Crippen LogP contribution in [0.5, 0.6) is 0 Å². The molecule has 0 radical (unpaired) electrons. The average molecular weight is 393 g/mol. The Morgan fingerprint density at radius 3 is 1.31 bits per heavy atom. The van der Waals surface area contributed by atoms with Crippen LogP contribution in [0.25, 0.3) is 0 Å². The molecule has 1 rings (SSSR count). The van der Waals surface area contributed by atoms with E-state index in [2.05, 4.69) is 83.0 Å². The molecule has 0 bridgehead atoms. The van der Waals surface area contributed by atoms with Gasteiger partial charge in [0.1, 0.15) is 27.3 Å². The summed E-state index contributed by atoms with van der Waals surface area (Å²) < 4.78 is 0. The highest BCUT2D eigenvalue weighted by Gasteiger charge is 2.61. The molecule has 0 heterocycles. The smallest absolute Gasteiger partial charge is 0.133 e. The zero-order valence-electron chi connectivity index (χ0n) is 18.9. The lowest BCUT2D eigenvalue weighted by Gasteiger charge is -2.56. The van der Waals surface area contributed by atoms with Crippen molar-refractivity contribution in [1.29, 1.82) is 0 Å². The lowest BCUT2D eigenvalue weighted by molar-refractivity contribution is -0.182. The summed E-state index contributed by atoms with van der Waals surface area (Å²) in [6.07, 6.45) is 1.16. The Kier molecular flexibility index (Phi) is 6.17. The lowest BCUT2D eigenvalue weighted by Crippen LogP contribution is -2.64. The molecule has 0 saturated heterocycles. The van der Waals surface area contributed by atoms with E-state index in [9.17, 15) is 10.2 Å². The third kappa shape index (κ3) is 5.26. The van der Waals surface area contributed by atoms with Crippen LogP contribution in [-0.2, 0) is 0 Å². The molecule has 0 aliphatic heterocycles. The Balaban J connectivity index is 3.59. The van der Waals surface area contributed by atoms with Crippen molar-refractivity contribution in [2.45, 2.75) is 97.9 Å². The van der Waals surface area contributed by atoms with E-state index in [-0.39, 0.29) is 11.3 Å². The molecule has 0 aromatic carbocycles. The molecular formula is C22H40O2Si2. The van der Waals surface area contributed by atoms with Crippen LogP contribution in [0.3, 0.4) is 0 Å². The zero-order chi connectivity index (χ0) is 20.8. The second-order valence-electron chi connectivity index (χ2n) is 11.8. The van der Waals surface area contributed by atoms with Crippen LogP contribution in [0.1, 0.15) is 47.5 Å². The van der Waals surface area contributed by atoms with Crippen LogP contribution in [-0.4, -0.2) is 37.6 Å². The molecule has 0 aromatic heterocycles. The topological polar surface area (TPSA) is 40.5 Å². The summed E-state index contributed by atoms with van der Waals surface area (Å²) in [7, 11) is -3.29. The highest BCUT2D eigenvalue weighted by Crippen LogP contribution is 2.55. The van der Waals surface area contributed by atoms with E-state index < -0.39 is 32.8 Å². The Hall–Kier alpha value is -0.526. The first-order chi connectivity index (χ1) is 11.2. The van der Waals surface area contributed by atoms with E-state index in [0.29, 0.717) is 12.8 Å². The van der Waals surface area contributed by atoms with Crippen molar-refractivity contribution in [3.63, 3.8) is 0 Å². The summed E-state index contributed by atoms with van der Waals surface area (Å²) in [5.74, 6) is 6.62. The summed E-state index contributed by atoms with van der Waals surface area (Å²) in [6, 6.07) is 0. The molecule has 0 amide bonds. The predicted molar refractivity (Wildman–Crippen MR) is 118 cm³/mol. The van der Waals surface area contributed by atoms with E-state index in [1.807, 2.05) is 13.8 Å². The number of hydrogen-bond donors (Lipinski definition) is 2. The molecule has 4 heteroatoms. The number of hydrogen-bond acceptors (Lipinski definition) is 2. The normalized spacial score (nSPS) is 32.1. The predicted octanol–water partition coefficient (Wildman–Crippen LogP) is 4.69. The van der Waals surface area contributed by atoms with Gasteiger partial charge < -0.3 is 10.2 Å². The molecule has 2 N–H and O–H groups in total. The molecule has 1 saturated carbocycles. The van der Waals surface area contributed by atoms with Crippen molar-refractivity contribution in [1.82, 2.24) is 0 Å². The van der Waals surface area contributed by atoms with Crippen LogP contribution in [0.4, 0.5) is 0 Å². The van der Waals surface area contributed by atoms with Crippen molar-refractivity contribution in [2.75, 3.05) is 0 Å². The maximum absolute atomic E-state index is 11.7. The highest BCUT2D eigenvalue weighted by atomic mass is 28.3. The van der Waals surface area contributed by atoms with Gasteiger partial charge in [-0.1, -0.05) is 85.7 Å². The van der Waals surface area contributed by atoms with Crippen molar-refractivity contribution in [2.24, 2.45) is 16.7 Å². The first-order valence-corrected chi connectivity index (χ1v) is 16.8. The van der Waals surface area contributed by atoms with Gasteiger partial charge in [-0.15, -0.1) is 11.1 Å². The average Bonchev–Trinajstić information content (AvgIpc) is 2.38. The van der Waals surface area contributed by atoms with Crippen LogP contribution < -0.4 is 0 Å². The quantitative estimate of drug-likeness (QED) is 0.464. The molecular weight excluding hydrogens is 352 g/mol. The zero-order valence-corrected chi connectivity index (χ0v) is 20.9. The van der Waals surface area contributed by atoms with E-state index >= 15 is 0 Å². The highest BCUT2D eigenvalue weighted by molar-refractivity contribution is 6.84. The maximum atomic E-state index is 11.7. The fraction of sp³-hybridized carbons (Fsp3) is 0.818. The van der Waals surface area contributed by atoms with Gasteiger partial charge in [0.15, 0.2) is 0 Å². The molecule has 26 heavy (non-hydrogen) atoms. The minimum atomic E-state index is -1.65. The third-order valence-electron chi connectivity index (χ3n) is 5.66. The van der Waals surface area contributed by atoms with Crippen LogP contribution in [0.15, 0.2) is 0 Å². The summed E-state index contributed by atoms with van der Waals surface area (Å²) in [5.41, 5.74) is 3.38. The van der Waals surface area contributed by atoms with E-state index in [1.165, 1.54) is 0 Å². The molecule has 148 valence electrons. The monoisotopic (exact) mass is 392 g/mol. The second-order valence-corrected chi connectivity index (χ2v) is 21.3. The molecule has 2 unspecified atom stereocenters. The van der Waals surface area contributed by atoms with Crippen LogP contribution in [0, 0.1) is 39.7 Å². The standard InChI is InChI=1S/C22H40O2Si2/c1-19(2,3)18-16-21(23,12-14-25(6,7)8)20(4,5)22(24,17-18)13-15-26(9,10)11/h18,23-24H,16-17H2,1-11H3. The molecule has 0 aromatic rings. The third-order valence-corrected chi connectivity index (χ3v) is 7.41. The van der Waals surface area contributed by atoms with E-state index in [1.54, 1.807) is 0 Å². The fourth-order valence-corrected chi connectivity index (χ4v) is 4.41. The van der Waals surface area contributed by atoms with Gasteiger partial charge >= 0.3 is 0 Å². The van der Waals surface area contributed by atoms with Crippen molar-refractivity contribution >= 4 is 16.1 Å². The minimum Gasteiger partial charge on any atom is -0.377 e. The Morgan fingerprint density at radius 1 is 0.769 bits per heavy atom. The molecule has 1 aliphatic carbocycles. The van der Waals surface area contributed by atoms with Crippen molar-refractivity contribution in [3.8, 4) is 22.9 Å². The molecule has 2 atom stereocenters. The van der Waals surface area contributed by atoms with Gasteiger partial charge in [-0.25, -0.2) is 0 Å². The summed E-state index contributed by atoms with van der Waals surface area (Å²) in [6.45, 7) is 23.5. The maximum Gasteiger partial charge on any atom is 0.133 e. The van der Waals surface area contributed by atoms with Gasteiger partial charge in [0.05, 0.1) is 0 Å². The first-order valence-electron chi connectivity index (χ1n) is 9.76. The summed E-state index contributed by atoms with van der Waals surface area (Å²) in [5, 5.41) is 23.4. The Labute approximate surface area is 164 Å². The van der Waals surface area contributed by atoms with E-state index in [0.717, 1.165) is 0 Å². The Morgan fingerprint density at radius 2 is 1.08 bits per heavy atom. The molecule has 1 aliphatic rings. The van der Waals surface area contributed by atoms with Crippen molar-refractivity contribution < 1.29 is 10.2 Å². The second kappa shape index (κ2) is 6.82. The Bertz CT molecular complexity index is 603. The van der Waals surface area contributed by atoms with Gasteiger partial charge in [0, 0.05) is 5.41 Å². The largest absolute Gasteiger partial charge is 0.377 e. The van der Waals surface area contributed by atoms with Crippen LogP contribution in [0.2, 0.25) is 39.3 Å². The number of aliphatic hydroxyl groups is 2. The van der Waals surface area contributed by atoms with Gasteiger partial charge in [-0.2, -0.15) is 0 Å². The van der Waals surface area contributed by atoms with Gasteiger partial charge in [-0.05, 0) is 24.2 Å². The van der Waals surface area contributed by atoms with Gasteiger partial charge in [0.25, 0.3) is 0 Å². The lowest BCUT2D eigenvalue weighted by atomic mass is 9.51. The van der Waals surface area contributed by atoms with Gasteiger partial charge in [0.2, 0.25) is 0 Å². The summed E-state index contributed by atoms with van der Waals surface area (Å²) >= 11 is 0. The molecule has 0 spiro atoms. The molecule has 2 nitrogen and oxygen atoms in total.